The van der Waals surface area contributed by atoms with Crippen molar-refractivity contribution < 1.29 is 4.79 Å². The molecule has 1 aromatic carbocycles. The Morgan fingerprint density at radius 1 is 1.15 bits per heavy atom. The van der Waals surface area contributed by atoms with Crippen molar-refractivity contribution in [3.63, 3.8) is 0 Å². The zero-order valence-corrected chi connectivity index (χ0v) is 15.7. The van der Waals surface area contributed by atoms with E-state index in [1.165, 1.54) is 5.56 Å². The molecule has 1 aliphatic rings. The monoisotopic (exact) mass is 352 g/mol. The zero-order valence-electron chi connectivity index (χ0n) is 15.7. The Labute approximate surface area is 155 Å². The van der Waals surface area contributed by atoms with E-state index in [2.05, 4.69) is 44.5 Å². The lowest BCUT2D eigenvalue weighted by Gasteiger charge is -2.34. The first kappa shape index (κ1) is 18.5. The molecule has 1 atom stereocenters. The number of hydrogen-bond donors (Lipinski definition) is 1. The van der Waals surface area contributed by atoms with Crippen molar-refractivity contribution in [2.45, 2.75) is 52.1 Å². The van der Waals surface area contributed by atoms with Crippen molar-refractivity contribution in [3.8, 4) is 0 Å². The molecule has 0 aliphatic carbocycles. The minimum Gasteiger partial charge on any atom is -0.354 e. The van der Waals surface area contributed by atoms with E-state index >= 15 is 0 Å². The standard InChI is InChI=1S/C21H28N4O/c1-16-14-17(2)24-20(23-16)11-12-22-21(26)19-10-6-7-13-25(19)15-18-8-4-3-5-9-18/h3-5,8-9,14,19H,6-7,10-13,15H2,1-2H3,(H,22,26). The fourth-order valence-electron chi connectivity index (χ4n) is 3.62. The summed E-state index contributed by atoms with van der Waals surface area (Å²) in [5.74, 6) is 0.928. The Hall–Kier alpha value is -2.27. The van der Waals surface area contributed by atoms with Crippen LogP contribution in [0.5, 0.6) is 0 Å². The molecule has 2 aromatic rings. The van der Waals surface area contributed by atoms with Crippen LogP contribution in [0.25, 0.3) is 0 Å². The molecule has 1 amide bonds. The summed E-state index contributed by atoms with van der Waals surface area (Å²) < 4.78 is 0. The van der Waals surface area contributed by atoms with Crippen LogP contribution in [0.3, 0.4) is 0 Å². The minimum atomic E-state index is -0.0379. The highest BCUT2D eigenvalue weighted by atomic mass is 16.2. The second-order valence-corrected chi connectivity index (χ2v) is 7.08. The first-order valence-corrected chi connectivity index (χ1v) is 9.48. The molecule has 26 heavy (non-hydrogen) atoms. The number of amides is 1. The SMILES string of the molecule is Cc1cc(C)nc(CCNC(=O)C2CCCCN2Cc2ccccc2)n1. The third-order valence-electron chi connectivity index (χ3n) is 4.82. The van der Waals surface area contributed by atoms with Gasteiger partial charge < -0.3 is 5.32 Å². The number of nitrogens with one attached hydrogen (secondary N) is 1. The smallest absolute Gasteiger partial charge is 0.237 e. The van der Waals surface area contributed by atoms with E-state index < -0.39 is 0 Å². The molecular formula is C21H28N4O. The van der Waals surface area contributed by atoms with Gasteiger partial charge in [0.05, 0.1) is 6.04 Å². The van der Waals surface area contributed by atoms with Crippen molar-refractivity contribution >= 4 is 5.91 Å². The van der Waals surface area contributed by atoms with Gasteiger partial charge in [0, 0.05) is 30.9 Å². The number of nitrogens with zero attached hydrogens (tertiary/aromatic N) is 3. The van der Waals surface area contributed by atoms with Crippen LogP contribution < -0.4 is 5.32 Å². The van der Waals surface area contributed by atoms with E-state index in [0.29, 0.717) is 13.0 Å². The summed E-state index contributed by atoms with van der Waals surface area (Å²) in [5.41, 5.74) is 3.20. The first-order valence-electron chi connectivity index (χ1n) is 9.48. The van der Waals surface area contributed by atoms with Gasteiger partial charge in [-0.3, -0.25) is 9.69 Å². The van der Waals surface area contributed by atoms with E-state index in [9.17, 15) is 4.79 Å². The lowest BCUT2D eigenvalue weighted by molar-refractivity contribution is -0.127. The first-order chi connectivity index (χ1) is 12.6. The van der Waals surface area contributed by atoms with Crippen molar-refractivity contribution in [1.29, 1.82) is 0 Å². The third kappa shape index (κ3) is 5.11. The molecule has 1 unspecified atom stereocenters. The number of carbonyl (C=O) groups is 1. The second-order valence-electron chi connectivity index (χ2n) is 7.08. The molecule has 1 fully saturated rings. The van der Waals surface area contributed by atoms with Crippen molar-refractivity contribution in [2.75, 3.05) is 13.1 Å². The quantitative estimate of drug-likeness (QED) is 0.868. The maximum absolute atomic E-state index is 12.7. The van der Waals surface area contributed by atoms with Gasteiger partial charge in [-0.05, 0) is 44.9 Å². The summed E-state index contributed by atoms with van der Waals surface area (Å²) in [5, 5.41) is 3.09. The van der Waals surface area contributed by atoms with Crippen LogP contribution in [-0.4, -0.2) is 39.9 Å². The van der Waals surface area contributed by atoms with Crippen LogP contribution in [0.1, 0.15) is 42.0 Å². The van der Waals surface area contributed by atoms with Crippen LogP contribution in [0.4, 0.5) is 0 Å². The molecule has 3 rings (SSSR count). The Morgan fingerprint density at radius 3 is 2.62 bits per heavy atom. The van der Waals surface area contributed by atoms with E-state index in [1.807, 2.05) is 26.0 Å². The largest absolute Gasteiger partial charge is 0.354 e. The minimum absolute atomic E-state index is 0.0379. The molecule has 0 radical (unpaired) electrons. The molecule has 0 bridgehead atoms. The average molecular weight is 352 g/mol. The highest BCUT2D eigenvalue weighted by molar-refractivity contribution is 5.81. The van der Waals surface area contributed by atoms with E-state index in [1.54, 1.807) is 0 Å². The molecule has 138 valence electrons. The average Bonchev–Trinajstić information content (AvgIpc) is 2.62. The highest BCUT2D eigenvalue weighted by Gasteiger charge is 2.28. The topological polar surface area (TPSA) is 58.1 Å². The Morgan fingerprint density at radius 2 is 1.88 bits per heavy atom. The highest BCUT2D eigenvalue weighted by Crippen LogP contribution is 2.19. The molecule has 5 nitrogen and oxygen atoms in total. The predicted molar refractivity (Wildman–Crippen MR) is 103 cm³/mol. The maximum atomic E-state index is 12.7. The normalized spacial score (nSPS) is 17.8. The van der Waals surface area contributed by atoms with Gasteiger partial charge in [-0.15, -0.1) is 0 Å². The number of likely N-dealkylation sites (tertiary alicyclic amines) is 1. The maximum Gasteiger partial charge on any atom is 0.237 e. The summed E-state index contributed by atoms with van der Waals surface area (Å²) in [7, 11) is 0. The molecular weight excluding hydrogens is 324 g/mol. The summed E-state index contributed by atoms with van der Waals surface area (Å²) in [6, 6.07) is 12.3. The fraction of sp³-hybridized carbons (Fsp3) is 0.476. The molecule has 5 heteroatoms. The Kier molecular flexibility index (Phi) is 6.34. The number of rotatable bonds is 6. The molecule has 1 N–H and O–H groups in total. The van der Waals surface area contributed by atoms with Crippen LogP contribution in [0, 0.1) is 13.8 Å². The van der Waals surface area contributed by atoms with Crippen LogP contribution in [0.2, 0.25) is 0 Å². The van der Waals surface area contributed by atoms with Gasteiger partial charge in [0.2, 0.25) is 5.91 Å². The van der Waals surface area contributed by atoms with Gasteiger partial charge in [-0.25, -0.2) is 9.97 Å². The molecule has 1 saturated heterocycles. The number of benzene rings is 1. The number of carbonyl (C=O) groups excluding carboxylic acids is 1. The molecule has 0 saturated carbocycles. The second kappa shape index (κ2) is 8.90. The number of aryl methyl sites for hydroxylation is 2. The van der Waals surface area contributed by atoms with Crippen LogP contribution >= 0.6 is 0 Å². The van der Waals surface area contributed by atoms with Crippen molar-refractivity contribution in [2.24, 2.45) is 0 Å². The van der Waals surface area contributed by atoms with Crippen LogP contribution in [0.15, 0.2) is 36.4 Å². The lowest BCUT2D eigenvalue weighted by Crippen LogP contribution is -2.49. The lowest BCUT2D eigenvalue weighted by atomic mass is 10.0. The van der Waals surface area contributed by atoms with Crippen LogP contribution in [-0.2, 0) is 17.8 Å². The summed E-state index contributed by atoms with van der Waals surface area (Å²) >= 11 is 0. The van der Waals surface area contributed by atoms with Gasteiger partial charge in [0.25, 0.3) is 0 Å². The zero-order chi connectivity index (χ0) is 18.4. The van der Waals surface area contributed by atoms with Gasteiger partial charge >= 0.3 is 0 Å². The summed E-state index contributed by atoms with van der Waals surface area (Å²) in [4.78, 5) is 23.9. The third-order valence-corrected chi connectivity index (χ3v) is 4.82. The van der Waals surface area contributed by atoms with Gasteiger partial charge in [-0.2, -0.15) is 0 Å². The van der Waals surface area contributed by atoms with Gasteiger partial charge in [-0.1, -0.05) is 36.8 Å². The molecule has 0 spiro atoms. The fourth-order valence-corrected chi connectivity index (χ4v) is 3.62. The Bertz CT molecular complexity index is 712. The predicted octanol–water partition coefficient (Wildman–Crippen LogP) is 2.81. The number of hydrogen-bond acceptors (Lipinski definition) is 4. The summed E-state index contributed by atoms with van der Waals surface area (Å²) in [6.45, 7) is 6.34. The van der Waals surface area contributed by atoms with E-state index in [4.69, 9.17) is 0 Å². The van der Waals surface area contributed by atoms with Crippen molar-refractivity contribution in [3.05, 3.63) is 59.2 Å². The molecule has 1 aromatic heterocycles. The number of aromatic nitrogens is 2. The molecule has 1 aliphatic heterocycles. The van der Waals surface area contributed by atoms with Gasteiger partial charge in [0.15, 0.2) is 0 Å². The Balaban J connectivity index is 1.54. The van der Waals surface area contributed by atoms with Gasteiger partial charge in [0.1, 0.15) is 5.82 Å². The van der Waals surface area contributed by atoms with Crippen molar-refractivity contribution in [1.82, 2.24) is 20.2 Å². The number of piperidine rings is 1. The van der Waals surface area contributed by atoms with E-state index in [0.717, 1.165) is 49.6 Å². The molecule has 2 heterocycles. The van der Waals surface area contributed by atoms with E-state index in [-0.39, 0.29) is 11.9 Å². The summed E-state index contributed by atoms with van der Waals surface area (Å²) in [6.07, 6.45) is 3.87.